The topological polar surface area (TPSA) is 12.0 Å². The summed E-state index contributed by atoms with van der Waals surface area (Å²) in [5.74, 6) is 9.20. The Morgan fingerprint density at radius 3 is 2.03 bits per heavy atom. The molecule has 2 aromatic carbocycles. The van der Waals surface area contributed by atoms with Gasteiger partial charge in [-0.25, -0.2) is 0 Å². The summed E-state index contributed by atoms with van der Waals surface area (Å²) < 4.78 is 64.3. The first kappa shape index (κ1) is 23.3. The number of nitrogens with one attached hydrogen (secondary N) is 1. The van der Waals surface area contributed by atoms with Crippen LogP contribution in [0, 0.1) is 12.3 Å². The van der Waals surface area contributed by atoms with Crippen LogP contribution in [0.1, 0.15) is 19.4 Å². The van der Waals surface area contributed by atoms with Crippen molar-refractivity contribution in [2.75, 3.05) is 11.1 Å². The highest BCUT2D eigenvalue weighted by atomic mass is 32.5. The summed E-state index contributed by atoms with van der Waals surface area (Å²) in [6.07, 6.45) is 0. The number of aryl methyl sites for hydroxylation is 1. The van der Waals surface area contributed by atoms with Gasteiger partial charge < -0.3 is 5.32 Å². The molecule has 0 aliphatic rings. The van der Waals surface area contributed by atoms with E-state index < -0.39 is 29.7 Å². The molecule has 0 aromatic heterocycles. The van der Waals surface area contributed by atoms with Crippen LogP contribution >= 0.6 is 19.4 Å². The minimum absolute atomic E-state index is 0.248. The molecule has 0 amide bonds. The largest absolute Gasteiger partial charge is 0.359 e. The molecule has 8 heteroatoms. The molecule has 1 N–H and O–H groups in total. The highest BCUT2D eigenvalue weighted by molar-refractivity contribution is 8.45. The second-order valence-electron chi connectivity index (χ2n) is 7.99. The van der Waals surface area contributed by atoms with E-state index in [4.69, 9.17) is 0 Å². The molecule has 0 radical (unpaired) electrons. The van der Waals surface area contributed by atoms with Crippen LogP contribution in [0.4, 0.5) is 25.1 Å². The summed E-state index contributed by atoms with van der Waals surface area (Å²) in [5.41, 5.74) is 1.39. The molecule has 0 atom stereocenters. The van der Waals surface area contributed by atoms with Crippen molar-refractivity contribution in [3.05, 3.63) is 66.4 Å². The van der Waals surface area contributed by atoms with Crippen molar-refractivity contribution in [3.8, 4) is 0 Å². The summed E-state index contributed by atoms with van der Waals surface area (Å²) in [5, 5.41) is 2.94. The number of allylic oxidation sites excluding steroid dienone is 1. The smallest absolute Gasteiger partial charge is 0.310 e. The standard InChI is InChI=1S/C21H26F5NS2/c1-16-8-7-9-19(14-16)28(5,6)15-21(3,4)17(2)27-18-10-12-20(13-11-18)29(22,23,24,25)26/h7-14,27H,2,5-6,15H2,1,3-4H3. The van der Waals surface area contributed by atoms with Gasteiger partial charge in [0.15, 0.2) is 0 Å². The minimum Gasteiger partial charge on any atom is -0.359 e. The SMILES string of the molecule is C=C(Nc1ccc(S(F)(F)(F)(F)F)cc1)C(C)(C)CS(=C)(=C)c1cccc(C)c1. The van der Waals surface area contributed by atoms with Crippen molar-refractivity contribution in [3.63, 3.8) is 0 Å². The van der Waals surface area contributed by atoms with Crippen molar-refractivity contribution >= 4 is 36.9 Å². The molecule has 2 aromatic rings. The highest BCUT2D eigenvalue weighted by Gasteiger charge is 2.65. The fraction of sp³-hybridized carbons (Fsp3) is 0.238. The van der Waals surface area contributed by atoms with Gasteiger partial charge >= 0.3 is 10.2 Å². The van der Waals surface area contributed by atoms with E-state index in [1.54, 1.807) is 0 Å². The Kier molecular flexibility index (Phi) is 5.26. The Hall–Kier alpha value is -1.93. The summed E-state index contributed by atoms with van der Waals surface area (Å²) in [7, 11) is -11.3. The summed E-state index contributed by atoms with van der Waals surface area (Å²) >= 11 is 0. The van der Waals surface area contributed by atoms with Crippen LogP contribution in [-0.4, -0.2) is 17.5 Å². The summed E-state index contributed by atoms with van der Waals surface area (Å²) in [6, 6.07) is 10.7. The van der Waals surface area contributed by atoms with Gasteiger partial charge in [-0.05, 0) is 54.0 Å². The van der Waals surface area contributed by atoms with Gasteiger partial charge in [-0.3, -0.25) is 0 Å². The van der Waals surface area contributed by atoms with Gasteiger partial charge in [0, 0.05) is 16.8 Å². The quantitative estimate of drug-likeness (QED) is 0.330. The second kappa shape index (κ2) is 6.54. The third-order valence-electron chi connectivity index (χ3n) is 4.54. The Morgan fingerprint density at radius 2 is 1.55 bits per heavy atom. The van der Waals surface area contributed by atoms with E-state index >= 15 is 0 Å². The number of anilines is 1. The van der Waals surface area contributed by atoms with Crippen molar-refractivity contribution in [2.45, 2.75) is 30.6 Å². The monoisotopic (exact) mass is 451 g/mol. The molecule has 0 heterocycles. The van der Waals surface area contributed by atoms with Crippen LogP contribution in [0.3, 0.4) is 0 Å². The maximum absolute atomic E-state index is 12.9. The third kappa shape index (κ3) is 6.02. The minimum atomic E-state index is -9.68. The summed E-state index contributed by atoms with van der Waals surface area (Å²) in [6.45, 7) is 9.85. The highest BCUT2D eigenvalue weighted by Crippen LogP contribution is 3.02. The molecule has 0 unspecified atom stereocenters. The number of rotatable bonds is 7. The van der Waals surface area contributed by atoms with Gasteiger partial charge in [0.05, 0.1) is 0 Å². The fourth-order valence-electron chi connectivity index (χ4n) is 2.88. The molecular weight excluding hydrogens is 425 g/mol. The average molecular weight is 452 g/mol. The predicted molar refractivity (Wildman–Crippen MR) is 121 cm³/mol. The number of halogens is 5. The zero-order valence-corrected chi connectivity index (χ0v) is 18.3. The molecule has 29 heavy (non-hydrogen) atoms. The zero-order valence-electron chi connectivity index (χ0n) is 16.7. The first-order chi connectivity index (χ1) is 12.8. The number of hydrogen-bond donors (Lipinski definition) is 1. The number of benzene rings is 2. The molecule has 0 fully saturated rings. The van der Waals surface area contributed by atoms with E-state index in [-0.39, 0.29) is 5.69 Å². The van der Waals surface area contributed by atoms with E-state index in [0.717, 1.165) is 22.6 Å². The van der Waals surface area contributed by atoms with Gasteiger partial charge in [0.2, 0.25) is 0 Å². The molecule has 0 bridgehead atoms. The van der Waals surface area contributed by atoms with Gasteiger partial charge in [-0.15, -0.1) is 0 Å². The Labute approximate surface area is 169 Å². The van der Waals surface area contributed by atoms with Gasteiger partial charge in [0.1, 0.15) is 4.90 Å². The van der Waals surface area contributed by atoms with Crippen molar-refractivity contribution in [1.29, 1.82) is 0 Å². The van der Waals surface area contributed by atoms with E-state index in [1.807, 2.05) is 45.0 Å². The molecule has 0 spiro atoms. The van der Waals surface area contributed by atoms with Crippen molar-refractivity contribution < 1.29 is 19.4 Å². The van der Waals surface area contributed by atoms with Gasteiger partial charge in [-0.2, -0.15) is 9.21 Å². The molecule has 162 valence electrons. The van der Waals surface area contributed by atoms with E-state index in [2.05, 4.69) is 23.6 Å². The lowest BCUT2D eigenvalue weighted by Crippen LogP contribution is -2.24. The maximum Gasteiger partial charge on any atom is 0.310 e. The number of hydrogen-bond acceptors (Lipinski definition) is 1. The molecular formula is C21H26F5NS2. The molecule has 0 saturated carbocycles. The first-order valence-electron chi connectivity index (χ1n) is 8.65. The lowest BCUT2D eigenvalue weighted by molar-refractivity contribution is 0.364. The Morgan fingerprint density at radius 1 is 1.00 bits per heavy atom. The van der Waals surface area contributed by atoms with Crippen molar-refractivity contribution in [2.24, 2.45) is 5.41 Å². The van der Waals surface area contributed by atoms with E-state index in [1.165, 1.54) is 0 Å². The molecule has 1 nitrogen and oxygen atoms in total. The molecule has 0 aliphatic heterocycles. The maximum atomic E-state index is 12.9. The van der Waals surface area contributed by atoms with Crippen LogP contribution in [-0.2, 0) is 0 Å². The lowest BCUT2D eigenvalue weighted by Gasteiger charge is -2.40. The van der Waals surface area contributed by atoms with Gasteiger partial charge in [0.25, 0.3) is 0 Å². The summed E-state index contributed by atoms with van der Waals surface area (Å²) in [4.78, 5) is -0.877. The zero-order chi connectivity index (χ0) is 22.4. The average Bonchev–Trinajstić information content (AvgIpc) is 2.52. The van der Waals surface area contributed by atoms with Crippen LogP contribution in [0.15, 0.2) is 70.6 Å². The molecule has 0 saturated heterocycles. The third-order valence-corrected chi connectivity index (χ3v) is 8.23. The Balaban J connectivity index is 2.19. The van der Waals surface area contributed by atoms with E-state index in [0.29, 0.717) is 23.6 Å². The fourth-order valence-corrected chi connectivity index (χ4v) is 6.06. The van der Waals surface area contributed by atoms with Crippen molar-refractivity contribution in [1.82, 2.24) is 0 Å². The molecule has 0 aliphatic carbocycles. The van der Waals surface area contributed by atoms with E-state index in [9.17, 15) is 19.4 Å². The van der Waals surface area contributed by atoms with Crippen LogP contribution in [0.5, 0.6) is 0 Å². The second-order valence-corrected chi connectivity index (χ2v) is 13.2. The normalized spacial score (nSPS) is 15.3. The predicted octanol–water partition coefficient (Wildman–Crippen LogP) is 8.33. The van der Waals surface area contributed by atoms with Gasteiger partial charge in [-0.1, -0.05) is 69.3 Å². The lowest BCUT2D eigenvalue weighted by atomic mass is 9.92. The molecule has 2 rings (SSSR count). The first-order valence-corrected chi connectivity index (χ1v) is 12.7. The van der Waals surface area contributed by atoms with Crippen LogP contribution in [0.25, 0.3) is 0 Å². The van der Waals surface area contributed by atoms with Crippen LogP contribution < -0.4 is 5.32 Å². The van der Waals surface area contributed by atoms with Crippen LogP contribution in [0.2, 0.25) is 0 Å². The Bertz CT molecular complexity index is 1040.